The van der Waals surface area contributed by atoms with Crippen LogP contribution in [-0.2, 0) is 11.2 Å². The molecule has 3 unspecified atom stereocenters. The predicted octanol–water partition coefficient (Wildman–Crippen LogP) is 3.02. The predicted molar refractivity (Wildman–Crippen MR) is 77.9 cm³/mol. The second-order valence-corrected chi connectivity index (χ2v) is 6.40. The van der Waals surface area contributed by atoms with Crippen molar-refractivity contribution >= 4 is 0 Å². The molecule has 0 radical (unpaired) electrons. The fraction of sp³-hybridized carbons (Fsp3) is 0.647. The van der Waals surface area contributed by atoms with Gasteiger partial charge in [0, 0.05) is 18.6 Å². The van der Waals surface area contributed by atoms with Gasteiger partial charge in [-0.05, 0) is 55.7 Å². The van der Waals surface area contributed by atoms with E-state index in [0.29, 0.717) is 23.9 Å². The number of morpholine rings is 1. The quantitative estimate of drug-likeness (QED) is 0.853. The SMILES string of the molecule is Oc1cccc2c1CCCC2N1CCOC2CCCC21. The Balaban J connectivity index is 1.68. The second-order valence-electron chi connectivity index (χ2n) is 6.40. The molecule has 108 valence electrons. The van der Waals surface area contributed by atoms with E-state index in [9.17, 15) is 5.11 Å². The van der Waals surface area contributed by atoms with Gasteiger partial charge in [-0.25, -0.2) is 0 Å². The minimum Gasteiger partial charge on any atom is -0.508 e. The lowest BCUT2D eigenvalue weighted by Gasteiger charge is -2.44. The Bertz CT molecular complexity index is 502. The van der Waals surface area contributed by atoms with Gasteiger partial charge in [0.2, 0.25) is 0 Å². The molecule has 1 saturated heterocycles. The molecule has 1 aromatic carbocycles. The fourth-order valence-electron chi connectivity index (χ4n) is 4.49. The van der Waals surface area contributed by atoms with Crippen molar-refractivity contribution in [2.75, 3.05) is 13.2 Å². The Hall–Kier alpha value is -1.06. The normalized spacial score (nSPS) is 33.7. The van der Waals surface area contributed by atoms with Crippen molar-refractivity contribution in [2.24, 2.45) is 0 Å². The van der Waals surface area contributed by atoms with Crippen molar-refractivity contribution in [1.82, 2.24) is 4.90 Å². The van der Waals surface area contributed by atoms with E-state index in [2.05, 4.69) is 11.0 Å². The summed E-state index contributed by atoms with van der Waals surface area (Å²) in [5.41, 5.74) is 2.55. The van der Waals surface area contributed by atoms with Crippen LogP contribution in [-0.4, -0.2) is 35.3 Å². The minimum atomic E-state index is 0.450. The lowest BCUT2D eigenvalue weighted by molar-refractivity contribution is -0.0748. The summed E-state index contributed by atoms with van der Waals surface area (Å²) < 4.78 is 5.94. The zero-order valence-electron chi connectivity index (χ0n) is 11.9. The highest BCUT2D eigenvalue weighted by molar-refractivity contribution is 5.42. The molecule has 0 aromatic heterocycles. The van der Waals surface area contributed by atoms with E-state index in [1.807, 2.05) is 12.1 Å². The second kappa shape index (κ2) is 5.05. The molecule has 3 heteroatoms. The standard InChI is InChI=1S/C17H23NO2/c19-16-8-2-4-12-13(16)5-1-6-14(12)18-10-11-20-17-9-3-7-15(17)18/h2,4,8,14-15,17,19H,1,3,5-7,9-11H2. The summed E-state index contributed by atoms with van der Waals surface area (Å²) in [4.78, 5) is 2.68. The van der Waals surface area contributed by atoms with Crippen LogP contribution in [0.4, 0.5) is 0 Å². The van der Waals surface area contributed by atoms with Gasteiger partial charge in [-0.15, -0.1) is 0 Å². The van der Waals surface area contributed by atoms with Crippen LogP contribution in [0.15, 0.2) is 18.2 Å². The summed E-state index contributed by atoms with van der Waals surface area (Å²) in [6, 6.07) is 7.14. The molecule has 3 nitrogen and oxygen atoms in total. The number of rotatable bonds is 1. The monoisotopic (exact) mass is 273 g/mol. The van der Waals surface area contributed by atoms with Crippen molar-refractivity contribution in [3.8, 4) is 5.75 Å². The molecule has 1 saturated carbocycles. The highest BCUT2D eigenvalue weighted by Gasteiger charge is 2.40. The first-order valence-corrected chi connectivity index (χ1v) is 8.02. The molecule has 1 N–H and O–H groups in total. The molecule has 1 heterocycles. The molecule has 20 heavy (non-hydrogen) atoms. The smallest absolute Gasteiger partial charge is 0.119 e. The Morgan fingerprint density at radius 2 is 2.10 bits per heavy atom. The van der Waals surface area contributed by atoms with Gasteiger partial charge in [-0.1, -0.05) is 12.1 Å². The lowest BCUT2D eigenvalue weighted by Crippen LogP contribution is -2.50. The molecule has 0 amide bonds. The molecule has 0 bridgehead atoms. The van der Waals surface area contributed by atoms with Gasteiger partial charge in [0.05, 0.1) is 12.7 Å². The van der Waals surface area contributed by atoms with E-state index >= 15 is 0 Å². The van der Waals surface area contributed by atoms with E-state index in [-0.39, 0.29) is 0 Å². The number of fused-ring (bicyclic) bond motifs is 2. The largest absolute Gasteiger partial charge is 0.508 e. The molecule has 2 fully saturated rings. The molecule has 0 spiro atoms. The van der Waals surface area contributed by atoms with Gasteiger partial charge < -0.3 is 9.84 Å². The summed E-state index contributed by atoms with van der Waals surface area (Å²) in [5.74, 6) is 0.489. The first kappa shape index (κ1) is 12.7. The third-order valence-corrected chi connectivity index (χ3v) is 5.38. The first-order chi connectivity index (χ1) is 9.84. The number of hydrogen-bond donors (Lipinski definition) is 1. The molecular weight excluding hydrogens is 250 g/mol. The number of hydrogen-bond acceptors (Lipinski definition) is 3. The lowest BCUT2D eigenvalue weighted by atomic mass is 9.85. The first-order valence-electron chi connectivity index (χ1n) is 8.02. The maximum Gasteiger partial charge on any atom is 0.119 e. The zero-order chi connectivity index (χ0) is 13.5. The van der Waals surface area contributed by atoms with Crippen molar-refractivity contribution in [2.45, 2.75) is 56.7 Å². The van der Waals surface area contributed by atoms with Gasteiger partial charge in [0.25, 0.3) is 0 Å². The topological polar surface area (TPSA) is 32.7 Å². The highest BCUT2D eigenvalue weighted by atomic mass is 16.5. The van der Waals surface area contributed by atoms with Crippen LogP contribution >= 0.6 is 0 Å². The molecule has 2 aliphatic carbocycles. The average molecular weight is 273 g/mol. The number of nitrogens with zero attached hydrogens (tertiary/aromatic N) is 1. The minimum absolute atomic E-state index is 0.450. The number of phenolic OH excluding ortho intramolecular Hbond substituents is 1. The third-order valence-electron chi connectivity index (χ3n) is 5.38. The van der Waals surface area contributed by atoms with Crippen molar-refractivity contribution in [3.63, 3.8) is 0 Å². The van der Waals surface area contributed by atoms with E-state index < -0.39 is 0 Å². The highest BCUT2D eigenvalue weighted by Crippen LogP contribution is 2.42. The summed E-state index contributed by atoms with van der Waals surface area (Å²) in [7, 11) is 0. The summed E-state index contributed by atoms with van der Waals surface area (Å²) in [6.07, 6.45) is 7.67. The number of ether oxygens (including phenoxy) is 1. The summed E-state index contributed by atoms with van der Waals surface area (Å²) in [6.45, 7) is 1.91. The molecule has 4 rings (SSSR count). The molecule has 3 aliphatic rings. The van der Waals surface area contributed by atoms with E-state index in [0.717, 1.165) is 19.6 Å². The van der Waals surface area contributed by atoms with Crippen LogP contribution in [0.25, 0.3) is 0 Å². The van der Waals surface area contributed by atoms with Crippen LogP contribution in [0.2, 0.25) is 0 Å². The van der Waals surface area contributed by atoms with Gasteiger partial charge >= 0.3 is 0 Å². The Labute approximate surface area is 120 Å². The Morgan fingerprint density at radius 1 is 1.15 bits per heavy atom. The number of benzene rings is 1. The van der Waals surface area contributed by atoms with E-state index in [1.165, 1.54) is 43.2 Å². The maximum atomic E-state index is 10.1. The Morgan fingerprint density at radius 3 is 3.05 bits per heavy atom. The van der Waals surface area contributed by atoms with Crippen LogP contribution in [0, 0.1) is 0 Å². The van der Waals surface area contributed by atoms with Crippen molar-refractivity contribution < 1.29 is 9.84 Å². The third kappa shape index (κ3) is 1.95. The van der Waals surface area contributed by atoms with E-state index in [4.69, 9.17) is 4.74 Å². The van der Waals surface area contributed by atoms with Crippen molar-refractivity contribution in [3.05, 3.63) is 29.3 Å². The summed E-state index contributed by atoms with van der Waals surface area (Å²) in [5, 5.41) is 10.1. The van der Waals surface area contributed by atoms with Crippen molar-refractivity contribution in [1.29, 1.82) is 0 Å². The Kier molecular flexibility index (Phi) is 3.20. The average Bonchev–Trinajstić information content (AvgIpc) is 2.96. The maximum absolute atomic E-state index is 10.1. The van der Waals surface area contributed by atoms with Gasteiger partial charge in [0.15, 0.2) is 0 Å². The summed E-state index contributed by atoms with van der Waals surface area (Å²) >= 11 is 0. The van der Waals surface area contributed by atoms with Gasteiger partial charge in [0.1, 0.15) is 5.75 Å². The van der Waals surface area contributed by atoms with Crippen LogP contribution in [0.1, 0.15) is 49.3 Å². The van der Waals surface area contributed by atoms with Crippen LogP contribution in [0.5, 0.6) is 5.75 Å². The van der Waals surface area contributed by atoms with Gasteiger partial charge in [-0.3, -0.25) is 4.90 Å². The van der Waals surface area contributed by atoms with Crippen LogP contribution < -0.4 is 0 Å². The number of phenols is 1. The number of aromatic hydroxyl groups is 1. The van der Waals surface area contributed by atoms with Crippen LogP contribution in [0.3, 0.4) is 0 Å². The van der Waals surface area contributed by atoms with Gasteiger partial charge in [-0.2, -0.15) is 0 Å². The molecular formula is C17H23NO2. The zero-order valence-corrected chi connectivity index (χ0v) is 11.9. The van der Waals surface area contributed by atoms with E-state index in [1.54, 1.807) is 0 Å². The fourth-order valence-corrected chi connectivity index (χ4v) is 4.49. The molecule has 1 aliphatic heterocycles. The molecule has 1 aromatic rings. The molecule has 3 atom stereocenters.